The van der Waals surface area contributed by atoms with Gasteiger partial charge in [0.1, 0.15) is 0 Å². The molecule has 2 radical (unpaired) electrons. The predicted molar refractivity (Wildman–Crippen MR) is 115 cm³/mol. The third-order valence-corrected chi connectivity index (χ3v) is 2.83. The zero-order valence-corrected chi connectivity index (χ0v) is 22.4. The van der Waals surface area contributed by atoms with E-state index in [-0.39, 0.29) is 59.1 Å². The Morgan fingerprint density at radius 2 is 1.17 bits per heavy atom. The van der Waals surface area contributed by atoms with Crippen molar-refractivity contribution in [3.8, 4) is 0 Å². The summed E-state index contributed by atoms with van der Waals surface area (Å²) in [5, 5.41) is 17.6. The Hall–Kier alpha value is -1.25. The molecule has 0 spiro atoms. The standard InChI is InChI=1S/C7H13NO4S.C3H5NO.2C3H4O2.2Na/c1-4-6(9)8-7(2,3)5-13(10,11)12;3*1-2-3(4)5;;/h4H,1,5H2,2-3H3,(H,8,9)(H,10,11,12);2H,1H2,(H2,4,5);2*2H,1H2,(H,4,5);;. The summed E-state index contributed by atoms with van der Waals surface area (Å²) in [6.07, 6.45) is 3.76. The van der Waals surface area contributed by atoms with E-state index in [2.05, 4.69) is 37.4 Å². The first kappa shape index (κ1) is 42.8. The van der Waals surface area contributed by atoms with Crippen LogP contribution in [-0.2, 0) is 29.3 Å². The molecule has 0 atom stereocenters. The number of rotatable bonds is 7. The molecule has 0 saturated heterocycles. The van der Waals surface area contributed by atoms with Crippen LogP contribution < -0.4 is 11.1 Å². The smallest absolute Gasteiger partial charge is 0.327 e. The van der Waals surface area contributed by atoms with Gasteiger partial charge in [0.2, 0.25) is 11.8 Å². The minimum atomic E-state index is -4.08. The van der Waals surface area contributed by atoms with Crippen molar-refractivity contribution in [1.82, 2.24) is 5.32 Å². The van der Waals surface area contributed by atoms with Crippen LogP contribution in [0.25, 0.3) is 0 Å². The van der Waals surface area contributed by atoms with Gasteiger partial charge in [-0.05, 0) is 26.0 Å². The van der Waals surface area contributed by atoms with Crippen molar-refractivity contribution in [3.63, 3.8) is 0 Å². The Morgan fingerprint density at radius 3 is 1.30 bits per heavy atom. The summed E-state index contributed by atoms with van der Waals surface area (Å²) in [6.45, 7) is 15.2. The first-order valence-electron chi connectivity index (χ1n) is 7.00. The quantitative estimate of drug-likeness (QED) is 0.183. The molecule has 0 aliphatic rings. The SMILES string of the molecule is C=CC(=O)NC(C)(C)CS(=O)(=O)O.C=CC(=O)O.C=CC(=O)O.C=CC(N)=O.[Na].[Na]. The molecule has 6 N–H and O–H groups in total. The number of carboxylic acid groups (broad SMARTS) is 2. The van der Waals surface area contributed by atoms with Crippen LogP contribution in [0, 0.1) is 0 Å². The predicted octanol–water partition coefficient (Wildman–Crippen LogP) is -0.635. The largest absolute Gasteiger partial charge is 0.478 e. The maximum atomic E-state index is 10.8. The van der Waals surface area contributed by atoms with Crippen molar-refractivity contribution in [2.45, 2.75) is 19.4 Å². The number of primary amides is 1. The van der Waals surface area contributed by atoms with Gasteiger partial charge in [-0.25, -0.2) is 9.59 Å². The molecule has 0 aromatic carbocycles. The van der Waals surface area contributed by atoms with E-state index in [1.165, 1.54) is 13.8 Å². The van der Waals surface area contributed by atoms with E-state index in [9.17, 15) is 27.6 Å². The molecule has 0 aromatic heterocycles. The monoisotopic (exact) mass is 468 g/mol. The normalized spacial score (nSPS) is 8.50. The van der Waals surface area contributed by atoms with Gasteiger partial charge >= 0.3 is 11.9 Å². The Balaban J connectivity index is -0.0000000712. The first-order valence-corrected chi connectivity index (χ1v) is 8.61. The number of carboxylic acids is 2. The molecule has 0 heterocycles. The average molecular weight is 468 g/mol. The second-order valence-corrected chi connectivity index (χ2v) is 6.45. The van der Waals surface area contributed by atoms with Crippen LogP contribution in [0.5, 0.6) is 0 Å². The zero-order chi connectivity index (χ0) is 23.6. The number of nitrogens with two attached hydrogens (primary N) is 1. The molecule has 0 aromatic rings. The summed E-state index contributed by atoms with van der Waals surface area (Å²) >= 11 is 0. The summed E-state index contributed by atoms with van der Waals surface area (Å²) in [6, 6.07) is 0. The summed E-state index contributed by atoms with van der Waals surface area (Å²) < 4.78 is 29.5. The number of amides is 2. The van der Waals surface area contributed by atoms with Gasteiger partial charge in [0, 0.05) is 71.3 Å². The van der Waals surface area contributed by atoms with Gasteiger partial charge in [-0.1, -0.05) is 26.3 Å². The van der Waals surface area contributed by atoms with Crippen LogP contribution in [0.3, 0.4) is 0 Å². The third-order valence-electron chi connectivity index (χ3n) is 1.74. The van der Waals surface area contributed by atoms with Gasteiger partial charge in [0.15, 0.2) is 0 Å². The molecule has 30 heavy (non-hydrogen) atoms. The van der Waals surface area contributed by atoms with E-state index < -0.39 is 45.2 Å². The van der Waals surface area contributed by atoms with E-state index in [1.807, 2.05) is 0 Å². The topological polar surface area (TPSA) is 201 Å². The number of carbonyl (C=O) groups excluding carboxylic acids is 2. The van der Waals surface area contributed by atoms with Crippen molar-refractivity contribution < 1.29 is 42.4 Å². The Morgan fingerprint density at radius 1 is 0.900 bits per heavy atom. The second kappa shape index (κ2) is 24.0. The molecule has 14 heteroatoms. The van der Waals surface area contributed by atoms with E-state index in [0.717, 1.165) is 24.3 Å². The van der Waals surface area contributed by atoms with Crippen LogP contribution in [0.2, 0.25) is 0 Å². The second-order valence-electron chi connectivity index (χ2n) is 4.99. The number of carbonyl (C=O) groups is 4. The fourth-order valence-electron chi connectivity index (χ4n) is 0.877. The van der Waals surface area contributed by atoms with Crippen LogP contribution >= 0.6 is 0 Å². The van der Waals surface area contributed by atoms with Crippen molar-refractivity contribution >= 4 is 93.0 Å². The molecule has 162 valence electrons. The minimum Gasteiger partial charge on any atom is -0.478 e. The minimum absolute atomic E-state index is 0. The van der Waals surface area contributed by atoms with Crippen molar-refractivity contribution in [1.29, 1.82) is 0 Å². The van der Waals surface area contributed by atoms with E-state index >= 15 is 0 Å². The fraction of sp³-hybridized carbons (Fsp3) is 0.250. The fourth-order valence-corrected chi connectivity index (χ4v) is 1.86. The number of nitrogens with one attached hydrogen (secondary N) is 1. The van der Waals surface area contributed by atoms with E-state index in [1.54, 1.807) is 0 Å². The van der Waals surface area contributed by atoms with Gasteiger partial charge < -0.3 is 21.3 Å². The molecule has 0 rings (SSSR count). The first-order chi connectivity index (χ1) is 12.5. The molecule has 0 aliphatic heterocycles. The summed E-state index contributed by atoms with van der Waals surface area (Å²) in [7, 11) is -4.08. The van der Waals surface area contributed by atoms with Crippen LogP contribution in [0.4, 0.5) is 0 Å². The Labute approximate surface area is 220 Å². The maximum Gasteiger partial charge on any atom is 0.327 e. The number of hydrogen-bond acceptors (Lipinski definition) is 6. The molecule has 0 bridgehead atoms. The van der Waals surface area contributed by atoms with Crippen molar-refractivity contribution in [3.05, 3.63) is 50.6 Å². The van der Waals surface area contributed by atoms with E-state index in [0.29, 0.717) is 0 Å². The maximum absolute atomic E-state index is 10.8. The molecule has 2 amide bonds. The van der Waals surface area contributed by atoms with Crippen LogP contribution in [0.1, 0.15) is 13.8 Å². The molecular formula is C16H26N2Na2O9S. The molecular weight excluding hydrogens is 442 g/mol. The van der Waals surface area contributed by atoms with Crippen LogP contribution in [-0.4, -0.2) is 117 Å². The number of hydrogen-bond donors (Lipinski definition) is 5. The Kier molecular flexibility index (Phi) is 34.3. The van der Waals surface area contributed by atoms with Crippen molar-refractivity contribution in [2.24, 2.45) is 5.73 Å². The molecule has 0 unspecified atom stereocenters. The van der Waals surface area contributed by atoms with Gasteiger partial charge in [0.05, 0.1) is 11.3 Å². The molecule has 0 aliphatic carbocycles. The molecule has 0 fully saturated rings. The van der Waals surface area contributed by atoms with Crippen molar-refractivity contribution in [2.75, 3.05) is 5.75 Å². The molecule has 0 saturated carbocycles. The molecule has 11 nitrogen and oxygen atoms in total. The van der Waals surface area contributed by atoms with Crippen LogP contribution in [0.15, 0.2) is 50.6 Å². The summed E-state index contributed by atoms with van der Waals surface area (Å²) in [5.74, 6) is -3.45. The van der Waals surface area contributed by atoms with Gasteiger partial charge in [0.25, 0.3) is 10.1 Å². The van der Waals surface area contributed by atoms with Gasteiger partial charge in [-0.15, -0.1) is 0 Å². The Bertz CT molecular complexity index is 648. The van der Waals surface area contributed by atoms with Gasteiger partial charge in [-0.3, -0.25) is 14.1 Å². The summed E-state index contributed by atoms with van der Waals surface area (Å²) in [4.78, 5) is 38.8. The average Bonchev–Trinajstić information content (AvgIpc) is 2.53. The summed E-state index contributed by atoms with van der Waals surface area (Å²) in [5.41, 5.74) is 3.53. The van der Waals surface area contributed by atoms with E-state index in [4.69, 9.17) is 14.8 Å². The zero-order valence-electron chi connectivity index (χ0n) is 17.6. The van der Waals surface area contributed by atoms with Gasteiger partial charge in [-0.2, -0.15) is 8.42 Å². The number of aliphatic carboxylic acids is 2. The third kappa shape index (κ3) is 56.3.